The van der Waals surface area contributed by atoms with E-state index >= 15 is 0 Å². The summed E-state index contributed by atoms with van der Waals surface area (Å²) in [7, 11) is 1.73. The van der Waals surface area contributed by atoms with Crippen LogP contribution in [0.1, 0.15) is 69.8 Å². The van der Waals surface area contributed by atoms with Gasteiger partial charge in [-0.2, -0.15) is 0 Å². The molecule has 19 heavy (non-hydrogen) atoms. The molecule has 2 rings (SSSR count). The molecule has 0 radical (unpaired) electrons. The summed E-state index contributed by atoms with van der Waals surface area (Å²) in [5, 5.41) is 0. The molecule has 1 nitrogen and oxygen atoms in total. The molecular weight excluding hydrogens is 232 g/mol. The van der Waals surface area contributed by atoms with Gasteiger partial charge in [-0.25, -0.2) is 0 Å². The van der Waals surface area contributed by atoms with Crippen molar-refractivity contribution in [3.8, 4) is 5.75 Å². The quantitative estimate of drug-likeness (QED) is 0.609. The Hall–Kier alpha value is -0.980. The maximum atomic E-state index is 5.23. The van der Waals surface area contributed by atoms with Crippen LogP contribution in [0, 0.1) is 5.92 Å². The lowest BCUT2D eigenvalue weighted by molar-refractivity contribution is 0.302. The van der Waals surface area contributed by atoms with Crippen molar-refractivity contribution in [1.82, 2.24) is 0 Å². The van der Waals surface area contributed by atoms with Gasteiger partial charge in [-0.3, -0.25) is 0 Å². The molecule has 0 aliphatic heterocycles. The van der Waals surface area contributed by atoms with Gasteiger partial charge < -0.3 is 4.74 Å². The van der Waals surface area contributed by atoms with Crippen molar-refractivity contribution >= 4 is 0 Å². The normalized spacial score (nSPS) is 23.3. The maximum absolute atomic E-state index is 5.23. The average Bonchev–Trinajstić information content (AvgIpc) is 2.48. The molecule has 0 spiro atoms. The van der Waals surface area contributed by atoms with Crippen molar-refractivity contribution in [3.05, 3.63) is 29.8 Å². The predicted octanol–water partition coefficient (Wildman–Crippen LogP) is 5.55. The van der Waals surface area contributed by atoms with Gasteiger partial charge in [0.15, 0.2) is 0 Å². The largest absolute Gasteiger partial charge is 0.497 e. The van der Waals surface area contributed by atoms with Crippen LogP contribution < -0.4 is 4.74 Å². The Bertz CT molecular complexity index is 346. The second-order valence-electron chi connectivity index (χ2n) is 5.99. The van der Waals surface area contributed by atoms with Crippen molar-refractivity contribution in [2.24, 2.45) is 5.92 Å². The summed E-state index contributed by atoms with van der Waals surface area (Å²) < 4.78 is 5.23. The lowest BCUT2D eigenvalue weighted by atomic mass is 9.77. The van der Waals surface area contributed by atoms with E-state index in [0.29, 0.717) is 0 Å². The minimum atomic E-state index is 0.785. The highest BCUT2D eigenvalue weighted by Crippen LogP contribution is 2.38. The summed E-state index contributed by atoms with van der Waals surface area (Å²) in [5.41, 5.74) is 1.51. The van der Waals surface area contributed by atoms with E-state index in [1.165, 1.54) is 56.9 Å². The van der Waals surface area contributed by atoms with E-state index in [4.69, 9.17) is 4.74 Å². The standard InChI is InChI=1S/C18H28O/c1-3-4-5-6-15-7-9-16(10-8-15)17-11-13-18(19-2)14-12-17/h11-16H,3-10H2,1-2H3. The van der Waals surface area contributed by atoms with Gasteiger partial charge in [0.1, 0.15) is 5.75 Å². The Morgan fingerprint density at radius 2 is 1.68 bits per heavy atom. The van der Waals surface area contributed by atoms with Crippen LogP contribution in [0.3, 0.4) is 0 Å². The summed E-state index contributed by atoms with van der Waals surface area (Å²) in [4.78, 5) is 0. The summed E-state index contributed by atoms with van der Waals surface area (Å²) in [6.07, 6.45) is 11.3. The molecule has 1 aromatic carbocycles. The SMILES string of the molecule is CCCCCC1CCC(c2ccc(OC)cc2)CC1. The maximum Gasteiger partial charge on any atom is 0.118 e. The van der Waals surface area contributed by atoms with Crippen molar-refractivity contribution in [2.75, 3.05) is 7.11 Å². The summed E-state index contributed by atoms with van der Waals surface area (Å²) in [5.74, 6) is 2.76. The highest BCUT2D eigenvalue weighted by molar-refractivity contribution is 5.29. The molecule has 1 aliphatic rings. The van der Waals surface area contributed by atoms with Crippen LogP contribution in [0.15, 0.2) is 24.3 Å². The third kappa shape index (κ3) is 4.26. The zero-order valence-corrected chi connectivity index (χ0v) is 12.5. The van der Waals surface area contributed by atoms with Crippen LogP contribution in [0.25, 0.3) is 0 Å². The van der Waals surface area contributed by atoms with Gasteiger partial charge in [0.05, 0.1) is 7.11 Å². The molecule has 1 fully saturated rings. The van der Waals surface area contributed by atoms with E-state index < -0.39 is 0 Å². The van der Waals surface area contributed by atoms with E-state index in [-0.39, 0.29) is 0 Å². The van der Waals surface area contributed by atoms with Crippen LogP contribution in [0.4, 0.5) is 0 Å². The molecule has 1 aliphatic carbocycles. The minimum Gasteiger partial charge on any atom is -0.497 e. The predicted molar refractivity (Wildman–Crippen MR) is 81.8 cm³/mol. The van der Waals surface area contributed by atoms with E-state index in [1.54, 1.807) is 7.11 Å². The highest BCUT2D eigenvalue weighted by Gasteiger charge is 2.21. The molecule has 0 N–H and O–H groups in total. The first-order valence-electron chi connectivity index (χ1n) is 7.97. The number of methoxy groups -OCH3 is 1. The topological polar surface area (TPSA) is 9.23 Å². The zero-order valence-electron chi connectivity index (χ0n) is 12.5. The second-order valence-corrected chi connectivity index (χ2v) is 5.99. The lowest BCUT2D eigenvalue weighted by Crippen LogP contribution is -2.13. The lowest BCUT2D eigenvalue weighted by Gasteiger charge is -2.29. The number of unbranched alkanes of at least 4 members (excludes halogenated alkanes) is 2. The number of benzene rings is 1. The van der Waals surface area contributed by atoms with Crippen molar-refractivity contribution < 1.29 is 4.74 Å². The summed E-state index contributed by atoms with van der Waals surface area (Å²) in [6.45, 7) is 2.29. The molecule has 0 bridgehead atoms. The first-order valence-corrected chi connectivity index (χ1v) is 7.97. The summed E-state index contributed by atoms with van der Waals surface area (Å²) in [6, 6.07) is 8.70. The van der Waals surface area contributed by atoms with Crippen molar-refractivity contribution in [1.29, 1.82) is 0 Å². The Morgan fingerprint density at radius 3 is 2.26 bits per heavy atom. The number of ether oxygens (including phenoxy) is 1. The average molecular weight is 260 g/mol. The number of rotatable bonds is 6. The first-order chi connectivity index (χ1) is 9.33. The molecule has 106 valence electrons. The molecule has 0 aromatic heterocycles. The van der Waals surface area contributed by atoms with Crippen LogP contribution in [-0.4, -0.2) is 7.11 Å². The minimum absolute atomic E-state index is 0.785. The van der Waals surface area contributed by atoms with Gasteiger partial charge in [-0.05, 0) is 55.2 Å². The van der Waals surface area contributed by atoms with E-state index in [2.05, 4.69) is 31.2 Å². The van der Waals surface area contributed by atoms with Gasteiger partial charge in [-0.15, -0.1) is 0 Å². The molecule has 0 atom stereocenters. The van der Waals surface area contributed by atoms with Crippen LogP contribution >= 0.6 is 0 Å². The fraction of sp³-hybridized carbons (Fsp3) is 0.667. The molecule has 1 aromatic rings. The Labute approximate surface area is 118 Å². The molecule has 0 amide bonds. The molecule has 0 saturated heterocycles. The molecular formula is C18H28O. The molecule has 1 heteroatoms. The number of hydrogen-bond donors (Lipinski definition) is 0. The van der Waals surface area contributed by atoms with E-state index in [1.807, 2.05) is 0 Å². The van der Waals surface area contributed by atoms with Gasteiger partial charge in [0.2, 0.25) is 0 Å². The third-order valence-corrected chi connectivity index (χ3v) is 4.65. The monoisotopic (exact) mass is 260 g/mol. The highest BCUT2D eigenvalue weighted by atomic mass is 16.5. The van der Waals surface area contributed by atoms with Crippen LogP contribution in [0.2, 0.25) is 0 Å². The van der Waals surface area contributed by atoms with Crippen LogP contribution in [0.5, 0.6) is 5.75 Å². The Balaban J connectivity index is 1.78. The summed E-state index contributed by atoms with van der Waals surface area (Å²) >= 11 is 0. The Kier molecular flexibility index (Phi) is 5.75. The van der Waals surface area contributed by atoms with E-state index in [0.717, 1.165) is 17.6 Å². The van der Waals surface area contributed by atoms with Crippen LogP contribution in [-0.2, 0) is 0 Å². The molecule has 0 heterocycles. The van der Waals surface area contributed by atoms with Crippen molar-refractivity contribution in [2.45, 2.75) is 64.2 Å². The van der Waals surface area contributed by atoms with Gasteiger partial charge in [-0.1, -0.05) is 44.7 Å². The van der Waals surface area contributed by atoms with Crippen molar-refractivity contribution in [3.63, 3.8) is 0 Å². The number of hydrogen-bond acceptors (Lipinski definition) is 1. The van der Waals surface area contributed by atoms with Gasteiger partial charge in [0, 0.05) is 0 Å². The van der Waals surface area contributed by atoms with Gasteiger partial charge >= 0.3 is 0 Å². The Morgan fingerprint density at radius 1 is 1.00 bits per heavy atom. The third-order valence-electron chi connectivity index (χ3n) is 4.65. The first kappa shape index (κ1) is 14.4. The molecule has 1 saturated carbocycles. The van der Waals surface area contributed by atoms with Gasteiger partial charge in [0.25, 0.3) is 0 Å². The fourth-order valence-corrected chi connectivity index (χ4v) is 3.34. The smallest absolute Gasteiger partial charge is 0.118 e. The zero-order chi connectivity index (χ0) is 13.5. The second kappa shape index (κ2) is 7.57. The fourth-order valence-electron chi connectivity index (χ4n) is 3.34. The molecule has 0 unspecified atom stereocenters. The van der Waals surface area contributed by atoms with E-state index in [9.17, 15) is 0 Å².